The molecule has 2 N–H and O–H groups in total. The highest BCUT2D eigenvalue weighted by atomic mass is 35.5. The average molecular weight is 496 g/mol. The van der Waals surface area contributed by atoms with Crippen LogP contribution in [0.4, 0.5) is 11.5 Å². The van der Waals surface area contributed by atoms with Gasteiger partial charge in [-0.3, -0.25) is 14.4 Å². The SMILES string of the molecule is Cc1ccc2oc(C(=O)Nc3ccc(Cl)cn3)c(NC(=O)[C@H]3CC[C@H](N4CCCC4=O)CC3)c2n1. The number of carbonyl (C=O) groups is 3. The molecule has 0 aromatic carbocycles. The molecule has 1 saturated heterocycles. The summed E-state index contributed by atoms with van der Waals surface area (Å²) in [5.41, 5.74) is 1.80. The molecule has 3 aromatic rings. The normalized spacial score (nSPS) is 20.3. The van der Waals surface area contributed by atoms with Crippen LogP contribution in [0.5, 0.6) is 0 Å². The van der Waals surface area contributed by atoms with Crippen LogP contribution in [0.15, 0.2) is 34.9 Å². The molecule has 9 nitrogen and oxygen atoms in total. The summed E-state index contributed by atoms with van der Waals surface area (Å²) in [6, 6.07) is 6.90. The number of amides is 3. The Bertz CT molecular complexity index is 1280. The molecule has 4 heterocycles. The Morgan fingerprint density at radius 3 is 2.60 bits per heavy atom. The number of aromatic nitrogens is 2. The second-order valence-corrected chi connectivity index (χ2v) is 9.54. The minimum absolute atomic E-state index is 0.0421. The van der Waals surface area contributed by atoms with Crippen molar-refractivity contribution < 1.29 is 18.8 Å². The van der Waals surface area contributed by atoms with E-state index in [4.69, 9.17) is 16.0 Å². The molecule has 3 aromatic heterocycles. The summed E-state index contributed by atoms with van der Waals surface area (Å²) in [7, 11) is 0. The smallest absolute Gasteiger partial charge is 0.294 e. The van der Waals surface area contributed by atoms with Gasteiger partial charge in [-0.25, -0.2) is 9.97 Å². The van der Waals surface area contributed by atoms with E-state index in [9.17, 15) is 14.4 Å². The first kappa shape index (κ1) is 23.3. The number of fused-ring (bicyclic) bond motifs is 1. The summed E-state index contributed by atoms with van der Waals surface area (Å²) in [6.07, 6.45) is 5.91. The van der Waals surface area contributed by atoms with Crippen LogP contribution in [0.25, 0.3) is 11.1 Å². The molecule has 0 radical (unpaired) electrons. The van der Waals surface area contributed by atoms with Crippen LogP contribution in [0.2, 0.25) is 5.02 Å². The molecule has 3 amide bonds. The van der Waals surface area contributed by atoms with Gasteiger partial charge in [0.25, 0.3) is 5.91 Å². The van der Waals surface area contributed by atoms with Crippen LogP contribution in [-0.4, -0.2) is 45.2 Å². The lowest BCUT2D eigenvalue weighted by atomic mass is 9.84. The third-order valence-electron chi connectivity index (χ3n) is 6.72. The van der Waals surface area contributed by atoms with E-state index in [1.54, 1.807) is 24.3 Å². The van der Waals surface area contributed by atoms with Gasteiger partial charge in [0.05, 0.1) is 5.02 Å². The van der Waals surface area contributed by atoms with Gasteiger partial charge in [0.1, 0.15) is 17.0 Å². The zero-order valence-corrected chi connectivity index (χ0v) is 20.1. The van der Waals surface area contributed by atoms with Crippen LogP contribution in [0.3, 0.4) is 0 Å². The Morgan fingerprint density at radius 1 is 1.11 bits per heavy atom. The highest BCUT2D eigenvalue weighted by Crippen LogP contribution is 2.34. The predicted octanol–water partition coefficient (Wildman–Crippen LogP) is 4.56. The molecule has 182 valence electrons. The van der Waals surface area contributed by atoms with Gasteiger partial charge >= 0.3 is 0 Å². The second kappa shape index (κ2) is 9.65. The van der Waals surface area contributed by atoms with Gasteiger partial charge in [0.2, 0.25) is 17.6 Å². The number of aryl methyl sites for hydroxylation is 1. The van der Waals surface area contributed by atoms with Crippen molar-refractivity contribution in [1.29, 1.82) is 0 Å². The summed E-state index contributed by atoms with van der Waals surface area (Å²) in [5.74, 6) is -0.471. The van der Waals surface area contributed by atoms with Crippen molar-refractivity contribution >= 4 is 51.9 Å². The van der Waals surface area contributed by atoms with Gasteiger partial charge in [-0.1, -0.05) is 11.6 Å². The van der Waals surface area contributed by atoms with Crippen LogP contribution in [0.1, 0.15) is 54.8 Å². The van der Waals surface area contributed by atoms with E-state index < -0.39 is 5.91 Å². The number of nitrogens with zero attached hydrogens (tertiary/aromatic N) is 3. The number of anilines is 2. The molecule has 0 atom stereocenters. The predicted molar refractivity (Wildman–Crippen MR) is 131 cm³/mol. The van der Waals surface area contributed by atoms with Crippen molar-refractivity contribution in [2.75, 3.05) is 17.2 Å². The molecule has 1 saturated carbocycles. The van der Waals surface area contributed by atoms with E-state index in [0.29, 0.717) is 41.2 Å². The Labute approximate surface area is 207 Å². The molecule has 2 fully saturated rings. The molecule has 0 bridgehead atoms. The number of rotatable bonds is 5. The maximum Gasteiger partial charge on any atom is 0.294 e. The third-order valence-corrected chi connectivity index (χ3v) is 6.94. The van der Waals surface area contributed by atoms with Crippen LogP contribution in [0, 0.1) is 12.8 Å². The monoisotopic (exact) mass is 495 g/mol. The van der Waals surface area contributed by atoms with Gasteiger partial charge in [0, 0.05) is 36.8 Å². The summed E-state index contributed by atoms with van der Waals surface area (Å²) >= 11 is 5.87. The van der Waals surface area contributed by atoms with Crippen molar-refractivity contribution in [1.82, 2.24) is 14.9 Å². The number of hydrogen-bond donors (Lipinski definition) is 2. The maximum absolute atomic E-state index is 13.2. The fourth-order valence-electron chi connectivity index (χ4n) is 4.90. The van der Waals surface area contributed by atoms with E-state index in [-0.39, 0.29) is 35.2 Å². The average Bonchev–Trinajstić information content (AvgIpc) is 3.44. The largest absolute Gasteiger partial charge is 0.447 e. The molecular formula is C25H26ClN5O4. The second-order valence-electron chi connectivity index (χ2n) is 9.11. The van der Waals surface area contributed by atoms with Gasteiger partial charge in [0.15, 0.2) is 5.58 Å². The number of carbonyl (C=O) groups excluding carboxylic acids is 3. The number of pyridine rings is 2. The van der Waals surface area contributed by atoms with Crippen molar-refractivity contribution in [3.05, 3.63) is 46.9 Å². The number of furan rings is 1. The summed E-state index contributed by atoms with van der Waals surface area (Å²) in [5, 5.41) is 6.05. The van der Waals surface area contributed by atoms with E-state index in [0.717, 1.165) is 31.5 Å². The summed E-state index contributed by atoms with van der Waals surface area (Å²) < 4.78 is 5.81. The van der Waals surface area contributed by atoms with E-state index in [1.807, 2.05) is 11.8 Å². The van der Waals surface area contributed by atoms with Crippen molar-refractivity contribution in [2.24, 2.45) is 5.92 Å². The lowest BCUT2D eigenvalue weighted by Crippen LogP contribution is -2.40. The van der Waals surface area contributed by atoms with Crippen molar-refractivity contribution in [2.45, 2.75) is 51.5 Å². The molecule has 1 aliphatic carbocycles. The number of nitrogens with one attached hydrogen (secondary N) is 2. The third kappa shape index (κ3) is 4.86. The van der Waals surface area contributed by atoms with Crippen molar-refractivity contribution in [3.63, 3.8) is 0 Å². The Morgan fingerprint density at radius 2 is 1.91 bits per heavy atom. The van der Waals surface area contributed by atoms with Crippen LogP contribution < -0.4 is 10.6 Å². The van der Waals surface area contributed by atoms with Gasteiger partial charge < -0.3 is 20.0 Å². The molecule has 2 aliphatic rings. The molecule has 5 rings (SSSR count). The highest BCUT2D eigenvalue weighted by Gasteiger charge is 2.34. The van der Waals surface area contributed by atoms with Crippen LogP contribution >= 0.6 is 11.6 Å². The van der Waals surface area contributed by atoms with E-state index >= 15 is 0 Å². The Balaban J connectivity index is 1.34. The van der Waals surface area contributed by atoms with Gasteiger partial charge in [-0.05, 0) is 63.3 Å². The first-order chi connectivity index (χ1) is 16.9. The fraction of sp³-hybridized carbons (Fsp3) is 0.400. The molecule has 10 heteroatoms. The molecular weight excluding hydrogens is 470 g/mol. The van der Waals surface area contributed by atoms with Gasteiger partial charge in [-0.15, -0.1) is 0 Å². The first-order valence-corrected chi connectivity index (χ1v) is 12.2. The molecule has 35 heavy (non-hydrogen) atoms. The maximum atomic E-state index is 13.2. The zero-order valence-electron chi connectivity index (χ0n) is 19.3. The molecule has 1 aliphatic heterocycles. The minimum Gasteiger partial charge on any atom is -0.447 e. The lowest BCUT2D eigenvalue weighted by Gasteiger charge is -2.34. The zero-order chi connectivity index (χ0) is 24.5. The molecule has 0 spiro atoms. The number of halogens is 1. The molecule has 0 unspecified atom stereocenters. The number of likely N-dealkylation sites (tertiary alicyclic amines) is 1. The first-order valence-electron chi connectivity index (χ1n) is 11.8. The van der Waals surface area contributed by atoms with Gasteiger partial charge in [-0.2, -0.15) is 0 Å². The van der Waals surface area contributed by atoms with E-state index in [2.05, 4.69) is 20.6 Å². The Hall–Kier alpha value is -3.46. The summed E-state index contributed by atoms with van der Waals surface area (Å²) in [4.78, 5) is 48.9. The Kier molecular flexibility index (Phi) is 6.42. The van der Waals surface area contributed by atoms with Crippen molar-refractivity contribution in [3.8, 4) is 0 Å². The standard InChI is InChI=1S/C25H26ClN5O4/c1-14-4-10-18-21(28-14)22(23(35-18)25(34)29-19-11-7-16(26)13-27-19)30-24(33)15-5-8-17(9-6-15)31-12-2-3-20(31)32/h4,7,10-11,13,15,17H,2-3,5-6,8-9,12H2,1H3,(H,30,33)(H,27,29,34)/t15-,17-. The number of hydrogen-bond acceptors (Lipinski definition) is 6. The summed E-state index contributed by atoms with van der Waals surface area (Å²) in [6.45, 7) is 2.64. The quantitative estimate of drug-likeness (QED) is 0.536. The lowest BCUT2D eigenvalue weighted by molar-refractivity contribution is -0.130. The topological polar surface area (TPSA) is 117 Å². The fourth-order valence-corrected chi connectivity index (χ4v) is 5.01. The van der Waals surface area contributed by atoms with Crippen LogP contribution in [-0.2, 0) is 9.59 Å². The van der Waals surface area contributed by atoms with E-state index in [1.165, 1.54) is 6.20 Å². The minimum atomic E-state index is -0.554. The highest BCUT2D eigenvalue weighted by molar-refractivity contribution is 6.30.